The maximum atomic E-state index is 11.5. The van der Waals surface area contributed by atoms with Gasteiger partial charge in [-0.25, -0.2) is 8.42 Å². The lowest BCUT2D eigenvalue weighted by Gasteiger charge is -2.01. The van der Waals surface area contributed by atoms with Crippen LogP contribution in [0, 0.1) is 11.3 Å². The Hall–Kier alpha value is -1.60. The fourth-order valence-electron chi connectivity index (χ4n) is 1.11. The summed E-state index contributed by atoms with van der Waals surface area (Å²) in [7, 11) is -3.16. The molecule has 1 aromatic carbocycles. The quantitative estimate of drug-likeness (QED) is 0.734. The largest absolute Gasteiger partial charge is 0.224 e. The second kappa shape index (κ2) is 4.76. The van der Waals surface area contributed by atoms with Crippen LogP contribution in [0.3, 0.4) is 0 Å². The molecular weight excluding hydrogens is 210 g/mol. The average Bonchev–Trinajstić information content (AvgIpc) is 2.27. The van der Waals surface area contributed by atoms with E-state index in [2.05, 4.69) is 0 Å². The maximum absolute atomic E-state index is 11.5. The molecule has 0 unspecified atom stereocenters. The number of hydrogen-bond donors (Lipinski definition) is 0. The Balaban J connectivity index is 3.15. The fourth-order valence-corrected chi connectivity index (χ4v) is 2.05. The number of allylic oxidation sites excluding steroid dienone is 1. The highest BCUT2D eigenvalue weighted by atomic mass is 32.2. The van der Waals surface area contributed by atoms with Gasteiger partial charge in [0.15, 0.2) is 9.84 Å². The van der Waals surface area contributed by atoms with Gasteiger partial charge in [0.2, 0.25) is 0 Å². The molecule has 0 aliphatic heterocycles. The summed E-state index contributed by atoms with van der Waals surface area (Å²) >= 11 is 0. The molecule has 1 aromatic rings. The molecule has 15 heavy (non-hydrogen) atoms. The molecule has 0 amide bonds. The minimum Gasteiger partial charge on any atom is -0.224 e. The lowest BCUT2D eigenvalue weighted by molar-refractivity contribution is 0.597. The molecule has 0 saturated heterocycles. The smallest absolute Gasteiger partial charge is 0.178 e. The van der Waals surface area contributed by atoms with E-state index in [1.54, 1.807) is 37.3 Å². The minimum absolute atomic E-state index is 0.0818. The lowest BCUT2D eigenvalue weighted by Crippen LogP contribution is -2.03. The molecule has 1 rings (SSSR count). The Kier molecular flexibility index (Phi) is 3.64. The highest BCUT2D eigenvalue weighted by Gasteiger charge is 2.10. The van der Waals surface area contributed by atoms with Gasteiger partial charge in [0.25, 0.3) is 0 Å². The zero-order chi connectivity index (χ0) is 11.3. The first-order valence-corrected chi connectivity index (χ1v) is 6.14. The Morgan fingerprint density at radius 3 is 2.80 bits per heavy atom. The number of sulfone groups is 1. The van der Waals surface area contributed by atoms with Crippen molar-refractivity contribution in [1.82, 2.24) is 0 Å². The molecule has 4 heteroatoms. The zero-order valence-corrected chi connectivity index (χ0v) is 9.16. The Morgan fingerprint density at radius 1 is 1.47 bits per heavy atom. The highest BCUT2D eigenvalue weighted by Crippen LogP contribution is 2.14. The number of nitriles is 1. The number of nitrogens with zero attached hydrogens (tertiary/aromatic N) is 1. The van der Waals surface area contributed by atoms with Crippen molar-refractivity contribution in [1.29, 1.82) is 5.26 Å². The molecular formula is C11H11NO2S. The normalized spacial score (nSPS) is 11.5. The predicted molar refractivity (Wildman–Crippen MR) is 58.8 cm³/mol. The Bertz CT molecular complexity index is 510. The first-order valence-electron chi connectivity index (χ1n) is 4.49. The highest BCUT2D eigenvalue weighted by molar-refractivity contribution is 7.91. The summed E-state index contributed by atoms with van der Waals surface area (Å²) in [6, 6.07) is 8.40. The van der Waals surface area contributed by atoms with E-state index >= 15 is 0 Å². The second-order valence-electron chi connectivity index (χ2n) is 2.94. The first-order chi connectivity index (χ1) is 7.10. The van der Waals surface area contributed by atoms with E-state index in [0.717, 1.165) is 0 Å². The van der Waals surface area contributed by atoms with Crippen LogP contribution in [0.25, 0.3) is 6.08 Å². The zero-order valence-electron chi connectivity index (χ0n) is 8.34. The molecule has 3 nitrogen and oxygen atoms in total. The molecule has 0 heterocycles. The molecule has 0 N–H and O–H groups in total. The third-order valence-corrected chi connectivity index (χ3v) is 3.68. The Labute approximate surface area is 89.6 Å². The van der Waals surface area contributed by atoms with E-state index < -0.39 is 9.84 Å². The Morgan fingerprint density at radius 2 is 2.20 bits per heavy atom. The molecule has 0 aliphatic rings. The predicted octanol–water partition coefficient (Wildman–Crippen LogP) is 2.02. The second-order valence-corrected chi connectivity index (χ2v) is 5.22. The standard InChI is InChI=1S/C11H11NO2S/c1-2-15(13,14)11-7-3-5-10(9-11)6-4-8-12/h3-7,9H,2H2,1H3/b6-4+. The summed E-state index contributed by atoms with van der Waals surface area (Å²) in [6.07, 6.45) is 2.90. The van der Waals surface area contributed by atoms with Gasteiger partial charge in [0, 0.05) is 6.08 Å². The van der Waals surface area contributed by atoms with Gasteiger partial charge in [-0.3, -0.25) is 0 Å². The molecule has 0 radical (unpaired) electrons. The van der Waals surface area contributed by atoms with Gasteiger partial charge in [-0.1, -0.05) is 19.1 Å². The summed E-state index contributed by atoms with van der Waals surface area (Å²) in [5.41, 5.74) is 0.714. The van der Waals surface area contributed by atoms with Crippen LogP contribution in [0.4, 0.5) is 0 Å². The molecule has 78 valence electrons. The molecule has 0 saturated carbocycles. The van der Waals surface area contributed by atoms with Crippen LogP contribution in [0.2, 0.25) is 0 Å². The third-order valence-electron chi connectivity index (χ3n) is 1.95. The van der Waals surface area contributed by atoms with Crippen LogP contribution < -0.4 is 0 Å². The van der Waals surface area contributed by atoms with Gasteiger partial charge in [-0.15, -0.1) is 0 Å². The van der Waals surface area contributed by atoms with Gasteiger partial charge in [0.05, 0.1) is 16.7 Å². The van der Waals surface area contributed by atoms with Crippen molar-refractivity contribution in [3.05, 3.63) is 35.9 Å². The van der Waals surface area contributed by atoms with Gasteiger partial charge in [-0.05, 0) is 23.8 Å². The molecule has 0 aliphatic carbocycles. The van der Waals surface area contributed by atoms with Gasteiger partial charge < -0.3 is 0 Å². The molecule has 0 atom stereocenters. The fraction of sp³-hybridized carbons (Fsp3) is 0.182. The van der Waals surface area contributed by atoms with Crippen molar-refractivity contribution < 1.29 is 8.42 Å². The average molecular weight is 221 g/mol. The summed E-state index contributed by atoms with van der Waals surface area (Å²) in [5, 5.41) is 8.35. The van der Waals surface area contributed by atoms with Crippen molar-refractivity contribution in [3.8, 4) is 6.07 Å². The molecule has 0 fully saturated rings. The van der Waals surface area contributed by atoms with Crippen LogP contribution >= 0.6 is 0 Å². The summed E-state index contributed by atoms with van der Waals surface area (Å²) < 4.78 is 23.1. The minimum atomic E-state index is -3.16. The van der Waals surface area contributed by atoms with E-state index in [4.69, 9.17) is 5.26 Å². The van der Waals surface area contributed by atoms with E-state index in [1.807, 2.05) is 6.07 Å². The van der Waals surface area contributed by atoms with Crippen molar-refractivity contribution in [3.63, 3.8) is 0 Å². The van der Waals surface area contributed by atoms with Crippen LogP contribution in [0.5, 0.6) is 0 Å². The summed E-state index contributed by atoms with van der Waals surface area (Å²) in [4.78, 5) is 0.296. The van der Waals surface area contributed by atoms with Gasteiger partial charge in [0.1, 0.15) is 0 Å². The van der Waals surface area contributed by atoms with E-state index in [9.17, 15) is 8.42 Å². The topological polar surface area (TPSA) is 57.9 Å². The molecule has 0 spiro atoms. The third kappa shape index (κ3) is 2.93. The molecule has 0 bridgehead atoms. The van der Waals surface area contributed by atoms with Gasteiger partial charge >= 0.3 is 0 Å². The summed E-state index contributed by atoms with van der Waals surface area (Å²) in [5.74, 6) is 0.0818. The maximum Gasteiger partial charge on any atom is 0.178 e. The van der Waals surface area contributed by atoms with Crippen molar-refractivity contribution in [2.24, 2.45) is 0 Å². The summed E-state index contributed by atoms with van der Waals surface area (Å²) in [6.45, 7) is 1.60. The molecule has 0 aromatic heterocycles. The SMILES string of the molecule is CCS(=O)(=O)c1cccc(/C=C/C#N)c1. The monoisotopic (exact) mass is 221 g/mol. The van der Waals surface area contributed by atoms with E-state index in [1.165, 1.54) is 6.08 Å². The van der Waals surface area contributed by atoms with Crippen molar-refractivity contribution in [2.75, 3.05) is 5.75 Å². The van der Waals surface area contributed by atoms with Crippen LogP contribution in [-0.2, 0) is 9.84 Å². The number of hydrogen-bond acceptors (Lipinski definition) is 3. The van der Waals surface area contributed by atoms with Gasteiger partial charge in [-0.2, -0.15) is 5.26 Å². The van der Waals surface area contributed by atoms with Crippen LogP contribution in [-0.4, -0.2) is 14.2 Å². The van der Waals surface area contributed by atoms with Crippen molar-refractivity contribution >= 4 is 15.9 Å². The lowest BCUT2D eigenvalue weighted by atomic mass is 10.2. The van der Waals surface area contributed by atoms with Crippen LogP contribution in [0.1, 0.15) is 12.5 Å². The number of benzene rings is 1. The van der Waals surface area contributed by atoms with E-state index in [-0.39, 0.29) is 5.75 Å². The van der Waals surface area contributed by atoms with Crippen LogP contribution in [0.15, 0.2) is 35.2 Å². The number of rotatable bonds is 3. The van der Waals surface area contributed by atoms with E-state index in [0.29, 0.717) is 10.5 Å². The van der Waals surface area contributed by atoms with Crippen molar-refractivity contribution in [2.45, 2.75) is 11.8 Å². The first kappa shape index (κ1) is 11.5.